The first-order valence-corrected chi connectivity index (χ1v) is 5.31. The number of aryl methyl sites for hydroxylation is 1. The van der Waals surface area contributed by atoms with Gasteiger partial charge < -0.3 is 10.3 Å². The molecule has 1 heterocycles. The summed E-state index contributed by atoms with van der Waals surface area (Å²) in [7, 11) is 0. The van der Waals surface area contributed by atoms with Crippen molar-refractivity contribution in [2.24, 2.45) is 0 Å². The molecule has 1 aromatic carbocycles. The SMILES string of the molecule is Cc1cnc(N)n1Cc1cccc(C(F)(F)F)c1. The van der Waals surface area contributed by atoms with E-state index in [2.05, 4.69) is 4.98 Å². The molecule has 0 atom stereocenters. The molecule has 2 aromatic rings. The molecule has 0 saturated heterocycles. The molecule has 0 fully saturated rings. The van der Waals surface area contributed by atoms with Crippen LogP contribution in [0, 0.1) is 6.92 Å². The third kappa shape index (κ3) is 2.47. The number of hydrogen-bond donors (Lipinski definition) is 1. The van der Waals surface area contributed by atoms with Crippen LogP contribution in [-0.4, -0.2) is 9.55 Å². The summed E-state index contributed by atoms with van der Waals surface area (Å²) in [6.07, 6.45) is -2.74. The summed E-state index contributed by atoms with van der Waals surface area (Å²) in [5, 5.41) is 0. The number of halogens is 3. The Morgan fingerprint density at radius 2 is 2.06 bits per heavy atom. The minimum atomic E-state index is -4.33. The Labute approximate surface area is 102 Å². The Bertz CT molecular complexity index is 538. The molecule has 0 amide bonds. The highest BCUT2D eigenvalue weighted by atomic mass is 19.4. The topological polar surface area (TPSA) is 43.8 Å². The predicted molar refractivity (Wildman–Crippen MR) is 61.9 cm³/mol. The molecule has 1 aromatic heterocycles. The smallest absolute Gasteiger partial charge is 0.369 e. The van der Waals surface area contributed by atoms with Crippen molar-refractivity contribution < 1.29 is 13.2 Å². The van der Waals surface area contributed by atoms with E-state index in [1.165, 1.54) is 6.07 Å². The van der Waals surface area contributed by atoms with E-state index in [4.69, 9.17) is 5.73 Å². The summed E-state index contributed by atoms with van der Waals surface area (Å²) < 4.78 is 39.3. The van der Waals surface area contributed by atoms with Crippen LogP contribution in [0.5, 0.6) is 0 Å². The molecule has 0 aliphatic carbocycles. The third-order valence-corrected chi connectivity index (χ3v) is 2.68. The van der Waals surface area contributed by atoms with E-state index in [9.17, 15) is 13.2 Å². The number of imidazole rings is 1. The van der Waals surface area contributed by atoms with Gasteiger partial charge in [-0.2, -0.15) is 13.2 Å². The van der Waals surface area contributed by atoms with Gasteiger partial charge in [-0.1, -0.05) is 12.1 Å². The van der Waals surface area contributed by atoms with E-state index in [1.54, 1.807) is 23.8 Å². The van der Waals surface area contributed by atoms with Crippen molar-refractivity contribution in [1.82, 2.24) is 9.55 Å². The van der Waals surface area contributed by atoms with Gasteiger partial charge in [0, 0.05) is 5.69 Å². The Morgan fingerprint density at radius 1 is 1.33 bits per heavy atom. The monoisotopic (exact) mass is 255 g/mol. The maximum atomic E-state index is 12.6. The molecule has 0 spiro atoms. The van der Waals surface area contributed by atoms with Crippen LogP contribution in [0.1, 0.15) is 16.8 Å². The van der Waals surface area contributed by atoms with Gasteiger partial charge >= 0.3 is 6.18 Å². The van der Waals surface area contributed by atoms with Crippen LogP contribution in [0.15, 0.2) is 30.5 Å². The fourth-order valence-electron chi connectivity index (χ4n) is 1.71. The first-order valence-electron chi connectivity index (χ1n) is 5.31. The molecule has 96 valence electrons. The van der Waals surface area contributed by atoms with Gasteiger partial charge in [0.25, 0.3) is 0 Å². The predicted octanol–water partition coefficient (Wildman–Crippen LogP) is 2.84. The van der Waals surface area contributed by atoms with Crippen molar-refractivity contribution in [2.75, 3.05) is 5.73 Å². The summed E-state index contributed by atoms with van der Waals surface area (Å²) in [4.78, 5) is 3.90. The molecular formula is C12H12F3N3. The van der Waals surface area contributed by atoms with Gasteiger partial charge in [-0.05, 0) is 24.6 Å². The molecule has 0 aliphatic rings. The zero-order chi connectivity index (χ0) is 13.3. The molecule has 0 radical (unpaired) electrons. The lowest BCUT2D eigenvalue weighted by atomic mass is 10.1. The Balaban J connectivity index is 2.31. The normalized spacial score (nSPS) is 11.8. The summed E-state index contributed by atoms with van der Waals surface area (Å²) in [6.45, 7) is 2.08. The zero-order valence-corrected chi connectivity index (χ0v) is 9.70. The second kappa shape index (κ2) is 4.36. The lowest BCUT2D eigenvalue weighted by Crippen LogP contribution is -2.09. The standard InChI is InChI=1S/C12H12F3N3/c1-8-6-17-11(16)18(8)7-9-3-2-4-10(5-9)12(13,14)15/h2-6H,7H2,1H3,(H2,16,17). The van der Waals surface area contributed by atoms with E-state index >= 15 is 0 Å². The van der Waals surface area contributed by atoms with Gasteiger partial charge in [0.05, 0.1) is 18.3 Å². The first kappa shape index (κ1) is 12.5. The van der Waals surface area contributed by atoms with Crippen molar-refractivity contribution in [2.45, 2.75) is 19.6 Å². The summed E-state index contributed by atoms with van der Waals surface area (Å²) >= 11 is 0. The van der Waals surface area contributed by atoms with Crippen molar-refractivity contribution in [3.8, 4) is 0 Å². The summed E-state index contributed by atoms with van der Waals surface area (Å²) in [6, 6.07) is 5.20. The van der Waals surface area contributed by atoms with E-state index < -0.39 is 11.7 Å². The minimum absolute atomic E-state index is 0.279. The maximum Gasteiger partial charge on any atom is 0.416 e. The number of aromatic nitrogens is 2. The number of alkyl halides is 3. The molecule has 0 bridgehead atoms. The van der Waals surface area contributed by atoms with Gasteiger partial charge in [-0.15, -0.1) is 0 Å². The van der Waals surface area contributed by atoms with E-state index in [1.807, 2.05) is 0 Å². The second-order valence-electron chi connectivity index (χ2n) is 4.04. The number of anilines is 1. The lowest BCUT2D eigenvalue weighted by Gasteiger charge is -2.11. The fraction of sp³-hybridized carbons (Fsp3) is 0.250. The first-order chi connectivity index (χ1) is 8.38. The quantitative estimate of drug-likeness (QED) is 0.896. The Morgan fingerprint density at radius 3 is 2.61 bits per heavy atom. The Kier molecular flexibility index (Phi) is 3.02. The molecule has 0 aliphatic heterocycles. The highest BCUT2D eigenvalue weighted by molar-refractivity contribution is 5.29. The largest absolute Gasteiger partial charge is 0.416 e. The van der Waals surface area contributed by atoms with Crippen LogP contribution in [0.2, 0.25) is 0 Å². The number of nitrogen functional groups attached to an aromatic ring is 1. The Hall–Kier alpha value is -1.98. The maximum absolute atomic E-state index is 12.6. The van der Waals surface area contributed by atoms with Crippen LogP contribution < -0.4 is 5.73 Å². The van der Waals surface area contributed by atoms with Crippen LogP contribution >= 0.6 is 0 Å². The highest BCUT2D eigenvalue weighted by Gasteiger charge is 2.30. The molecule has 2 rings (SSSR count). The molecule has 6 heteroatoms. The van der Waals surface area contributed by atoms with Gasteiger partial charge in [0.2, 0.25) is 5.95 Å². The van der Waals surface area contributed by atoms with Crippen LogP contribution in [0.25, 0.3) is 0 Å². The van der Waals surface area contributed by atoms with E-state index in [0.717, 1.165) is 17.8 Å². The average molecular weight is 255 g/mol. The van der Waals surface area contributed by atoms with Crippen molar-refractivity contribution in [1.29, 1.82) is 0 Å². The van der Waals surface area contributed by atoms with Gasteiger partial charge in [-0.25, -0.2) is 4.98 Å². The van der Waals surface area contributed by atoms with Crippen molar-refractivity contribution in [3.63, 3.8) is 0 Å². The molecule has 18 heavy (non-hydrogen) atoms. The number of hydrogen-bond acceptors (Lipinski definition) is 2. The average Bonchev–Trinajstić information content (AvgIpc) is 2.60. The number of benzene rings is 1. The van der Waals surface area contributed by atoms with Crippen LogP contribution in [0.3, 0.4) is 0 Å². The minimum Gasteiger partial charge on any atom is -0.369 e. The van der Waals surface area contributed by atoms with E-state index in [-0.39, 0.29) is 6.54 Å². The van der Waals surface area contributed by atoms with Gasteiger partial charge in [-0.3, -0.25) is 0 Å². The number of nitrogens with zero attached hydrogens (tertiary/aromatic N) is 2. The molecule has 0 saturated carbocycles. The van der Waals surface area contributed by atoms with Crippen LogP contribution in [-0.2, 0) is 12.7 Å². The molecule has 3 nitrogen and oxygen atoms in total. The number of nitrogens with two attached hydrogens (primary N) is 1. The third-order valence-electron chi connectivity index (χ3n) is 2.68. The fourth-order valence-corrected chi connectivity index (χ4v) is 1.71. The molecular weight excluding hydrogens is 243 g/mol. The summed E-state index contributed by atoms with van der Waals surface area (Å²) in [5.74, 6) is 0.296. The zero-order valence-electron chi connectivity index (χ0n) is 9.70. The molecule has 0 unspecified atom stereocenters. The highest BCUT2D eigenvalue weighted by Crippen LogP contribution is 2.29. The van der Waals surface area contributed by atoms with Crippen molar-refractivity contribution in [3.05, 3.63) is 47.3 Å². The van der Waals surface area contributed by atoms with Gasteiger partial charge in [0.1, 0.15) is 0 Å². The number of rotatable bonds is 2. The van der Waals surface area contributed by atoms with E-state index in [0.29, 0.717) is 11.5 Å². The summed E-state index contributed by atoms with van der Waals surface area (Å²) in [5.41, 5.74) is 6.34. The molecule has 2 N–H and O–H groups in total. The van der Waals surface area contributed by atoms with Gasteiger partial charge in [0.15, 0.2) is 0 Å². The lowest BCUT2D eigenvalue weighted by molar-refractivity contribution is -0.137. The van der Waals surface area contributed by atoms with Crippen LogP contribution in [0.4, 0.5) is 19.1 Å². The second-order valence-corrected chi connectivity index (χ2v) is 4.04. The van der Waals surface area contributed by atoms with Crippen molar-refractivity contribution >= 4 is 5.95 Å².